The van der Waals surface area contributed by atoms with Gasteiger partial charge in [0.1, 0.15) is 6.10 Å². The lowest BCUT2D eigenvalue weighted by Gasteiger charge is -2.26. The predicted molar refractivity (Wildman–Crippen MR) is 57.6 cm³/mol. The second kappa shape index (κ2) is 5.47. The van der Waals surface area contributed by atoms with E-state index in [9.17, 15) is 4.79 Å². The van der Waals surface area contributed by atoms with E-state index >= 15 is 0 Å². The Morgan fingerprint density at radius 1 is 1.47 bits per heavy atom. The van der Waals surface area contributed by atoms with Gasteiger partial charge >= 0.3 is 0 Å². The van der Waals surface area contributed by atoms with Crippen LogP contribution in [0.3, 0.4) is 0 Å². The van der Waals surface area contributed by atoms with E-state index in [0.717, 1.165) is 25.4 Å². The SMILES string of the molecule is O=C(NCCC1CCC1)C1CNCCO1. The van der Waals surface area contributed by atoms with Crippen molar-refractivity contribution in [2.24, 2.45) is 5.92 Å². The van der Waals surface area contributed by atoms with Crippen molar-refractivity contribution in [2.45, 2.75) is 31.8 Å². The lowest BCUT2D eigenvalue weighted by molar-refractivity contribution is -0.134. The normalized spacial score (nSPS) is 27.1. The molecule has 1 aliphatic carbocycles. The summed E-state index contributed by atoms with van der Waals surface area (Å²) in [7, 11) is 0. The Balaban J connectivity index is 1.58. The molecule has 86 valence electrons. The minimum Gasteiger partial charge on any atom is -0.366 e. The van der Waals surface area contributed by atoms with Crippen molar-refractivity contribution >= 4 is 5.91 Å². The van der Waals surface area contributed by atoms with Crippen molar-refractivity contribution in [3.05, 3.63) is 0 Å². The van der Waals surface area contributed by atoms with Crippen molar-refractivity contribution in [1.29, 1.82) is 0 Å². The number of carbonyl (C=O) groups is 1. The summed E-state index contributed by atoms with van der Waals surface area (Å²) in [6, 6.07) is 0. The summed E-state index contributed by atoms with van der Waals surface area (Å²) in [6.07, 6.45) is 4.91. The number of ether oxygens (including phenoxy) is 1. The molecule has 4 heteroatoms. The van der Waals surface area contributed by atoms with Crippen LogP contribution in [0.2, 0.25) is 0 Å². The van der Waals surface area contributed by atoms with Crippen molar-refractivity contribution in [2.75, 3.05) is 26.2 Å². The smallest absolute Gasteiger partial charge is 0.250 e. The van der Waals surface area contributed by atoms with E-state index < -0.39 is 0 Å². The van der Waals surface area contributed by atoms with Crippen molar-refractivity contribution < 1.29 is 9.53 Å². The molecule has 2 fully saturated rings. The third-order valence-electron chi connectivity index (χ3n) is 3.30. The minimum absolute atomic E-state index is 0.0431. The molecule has 0 aromatic heterocycles. The number of carbonyl (C=O) groups excluding carboxylic acids is 1. The van der Waals surface area contributed by atoms with Crippen molar-refractivity contribution in [3.63, 3.8) is 0 Å². The molecule has 1 atom stereocenters. The molecular formula is C11H20N2O2. The van der Waals surface area contributed by atoms with E-state index in [1.807, 2.05) is 0 Å². The molecule has 2 N–H and O–H groups in total. The third kappa shape index (κ3) is 3.18. The highest BCUT2D eigenvalue weighted by atomic mass is 16.5. The van der Waals surface area contributed by atoms with Crippen molar-refractivity contribution in [3.8, 4) is 0 Å². The summed E-state index contributed by atoms with van der Waals surface area (Å²) in [5, 5.41) is 6.10. The van der Waals surface area contributed by atoms with Gasteiger partial charge in [-0.3, -0.25) is 4.79 Å². The summed E-state index contributed by atoms with van der Waals surface area (Å²) in [4.78, 5) is 11.6. The maximum Gasteiger partial charge on any atom is 0.250 e. The van der Waals surface area contributed by atoms with E-state index in [1.54, 1.807) is 0 Å². The fourth-order valence-electron chi connectivity index (χ4n) is 2.03. The van der Waals surface area contributed by atoms with Gasteiger partial charge in [0.05, 0.1) is 6.61 Å². The first-order valence-electron chi connectivity index (χ1n) is 5.96. The summed E-state index contributed by atoms with van der Waals surface area (Å²) in [5.74, 6) is 0.900. The van der Waals surface area contributed by atoms with E-state index in [1.165, 1.54) is 19.3 Å². The summed E-state index contributed by atoms with van der Waals surface area (Å²) >= 11 is 0. The Morgan fingerprint density at radius 2 is 2.33 bits per heavy atom. The van der Waals surface area contributed by atoms with Crippen LogP contribution in [0.4, 0.5) is 0 Å². The van der Waals surface area contributed by atoms with Gasteiger partial charge in [-0.25, -0.2) is 0 Å². The highest BCUT2D eigenvalue weighted by Gasteiger charge is 2.22. The lowest BCUT2D eigenvalue weighted by atomic mass is 9.83. The first-order valence-corrected chi connectivity index (χ1v) is 5.96. The van der Waals surface area contributed by atoms with E-state index in [-0.39, 0.29) is 12.0 Å². The van der Waals surface area contributed by atoms with Gasteiger partial charge in [-0.05, 0) is 12.3 Å². The second-order valence-electron chi connectivity index (χ2n) is 4.44. The van der Waals surface area contributed by atoms with E-state index in [4.69, 9.17) is 4.74 Å². The van der Waals surface area contributed by atoms with Gasteiger partial charge in [-0.2, -0.15) is 0 Å². The summed E-state index contributed by atoms with van der Waals surface area (Å²) in [6.45, 7) is 2.95. The van der Waals surface area contributed by atoms with Gasteiger partial charge in [-0.15, -0.1) is 0 Å². The standard InChI is InChI=1S/C11H20N2O2/c14-11(10-8-12-6-7-15-10)13-5-4-9-2-1-3-9/h9-10,12H,1-8H2,(H,13,14). The fraction of sp³-hybridized carbons (Fsp3) is 0.909. The van der Waals surface area contributed by atoms with Crippen LogP contribution in [-0.4, -0.2) is 38.3 Å². The maximum atomic E-state index is 11.6. The monoisotopic (exact) mass is 212 g/mol. The third-order valence-corrected chi connectivity index (χ3v) is 3.30. The van der Waals surface area contributed by atoms with Crippen LogP contribution in [-0.2, 0) is 9.53 Å². The Bertz CT molecular complexity index is 211. The van der Waals surface area contributed by atoms with Crippen LogP contribution in [0.15, 0.2) is 0 Å². The Hall–Kier alpha value is -0.610. The van der Waals surface area contributed by atoms with Crippen LogP contribution in [0.1, 0.15) is 25.7 Å². The number of rotatable bonds is 4. The molecule has 2 aliphatic rings. The maximum absolute atomic E-state index is 11.6. The Kier molecular flexibility index (Phi) is 3.97. The molecule has 1 saturated carbocycles. The van der Waals surface area contributed by atoms with Gasteiger partial charge < -0.3 is 15.4 Å². The zero-order chi connectivity index (χ0) is 10.5. The molecule has 1 saturated heterocycles. The lowest BCUT2D eigenvalue weighted by Crippen LogP contribution is -2.48. The molecule has 2 rings (SSSR count). The molecule has 1 aliphatic heterocycles. The molecule has 1 heterocycles. The highest BCUT2D eigenvalue weighted by molar-refractivity contribution is 5.81. The van der Waals surface area contributed by atoms with Gasteiger partial charge in [0.15, 0.2) is 0 Å². The van der Waals surface area contributed by atoms with Crippen LogP contribution >= 0.6 is 0 Å². The number of nitrogens with one attached hydrogen (secondary N) is 2. The van der Waals surface area contributed by atoms with Gasteiger partial charge in [0.25, 0.3) is 0 Å². The molecule has 1 amide bonds. The van der Waals surface area contributed by atoms with Crippen LogP contribution in [0.25, 0.3) is 0 Å². The van der Waals surface area contributed by atoms with Gasteiger partial charge in [0, 0.05) is 19.6 Å². The molecule has 0 radical (unpaired) electrons. The summed E-state index contributed by atoms with van der Waals surface area (Å²) < 4.78 is 5.36. The highest BCUT2D eigenvalue weighted by Crippen LogP contribution is 2.28. The predicted octanol–water partition coefficient (Wildman–Crippen LogP) is 0.281. The van der Waals surface area contributed by atoms with Crippen LogP contribution < -0.4 is 10.6 Å². The molecule has 15 heavy (non-hydrogen) atoms. The Labute approximate surface area is 90.8 Å². The Morgan fingerprint density at radius 3 is 2.93 bits per heavy atom. The van der Waals surface area contributed by atoms with E-state index in [2.05, 4.69) is 10.6 Å². The molecule has 4 nitrogen and oxygen atoms in total. The van der Waals surface area contributed by atoms with Crippen LogP contribution in [0.5, 0.6) is 0 Å². The first kappa shape index (κ1) is 10.9. The zero-order valence-corrected chi connectivity index (χ0v) is 9.13. The molecule has 1 unspecified atom stereocenters. The number of morpholine rings is 1. The second-order valence-corrected chi connectivity index (χ2v) is 4.44. The molecule has 0 bridgehead atoms. The number of hydrogen-bond acceptors (Lipinski definition) is 3. The molecule has 0 aromatic rings. The van der Waals surface area contributed by atoms with E-state index in [0.29, 0.717) is 13.2 Å². The van der Waals surface area contributed by atoms with Gasteiger partial charge in [0.2, 0.25) is 5.91 Å². The van der Waals surface area contributed by atoms with Crippen molar-refractivity contribution in [1.82, 2.24) is 10.6 Å². The molecule has 0 spiro atoms. The number of hydrogen-bond donors (Lipinski definition) is 2. The zero-order valence-electron chi connectivity index (χ0n) is 9.13. The van der Waals surface area contributed by atoms with Crippen LogP contribution in [0, 0.1) is 5.92 Å². The molecular weight excluding hydrogens is 192 g/mol. The summed E-state index contributed by atoms with van der Waals surface area (Å²) in [5.41, 5.74) is 0. The van der Waals surface area contributed by atoms with Gasteiger partial charge in [-0.1, -0.05) is 19.3 Å². The average Bonchev–Trinajstić information content (AvgIpc) is 2.23. The first-order chi connectivity index (χ1) is 7.36. The fourth-order valence-corrected chi connectivity index (χ4v) is 2.03. The average molecular weight is 212 g/mol. The largest absolute Gasteiger partial charge is 0.366 e. The minimum atomic E-state index is -0.278. The number of amides is 1. The molecule has 0 aromatic carbocycles. The quantitative estimate of drug-likeness (QED) is 0.704. The topological polar surface area (TPSA) is 50.4 Å².